The van der Waals surface area contributed by atoms with E-state index in [1.165, 1.54) is 0 Å². The minimum Gasteiger partial charge on any atom is -0.454 e. The number of hydrogen-bond donors (Lipinski definition) is 0. The van der Waals surface area contributed by atoms with Crippen LogP contribution < -0.4 is 0 Å². The number of carbonyl (C=O) groups is 2. The van der Waals surface area contributed by atoms with Crippen molar-refractivity contribution < 1.29 is 14.3 Å². The molecule has 0 N–H and O–H groups in total. The van der Waals surface area contributed by atoms with Crippen LogP contribution in [0.2, 0.25) is 0 Å². The van der Waals surface area contributed by atoms with E-state index in [1.807, 2.05) is 63.2 Å². The number of rotatable bonds is 5. The number of ether oxygens (including phenoxy) is 1. The number of benzene rings is 2. The van der Waals surface area contributed by atoms with Crippen molar-refractivity contribution in [1.29, 1.82) is 0 Å². The molecule has 0 saturated carbocycles. The molecule has 0 heterocycles. The van der Waals surface area contributed by atoms with Crippen LogP contribution in [0.1, 0.15) is 39.5 Å². The Kier molecular flexibility index (Phi) is 5.32. The van der Waals surface area contributed by atoms with Gasteiger partial charge in [-0.1, -0.05) is 36.4 Å². The molecule has 2 aromatic carbocycles. The largest absolute Gasteiger partial charge is 0.454 e. The Morgan fingerprint density at radius 2 is 1.57 bits per heavy atom. The van der Waals surface area contributed by atoms with Crippen LogP contribution in [0.15, 0.2) is 42.5 Å². The standard InChI is InChI=1S/C20H22O3/c1-13-10-15(3)18(11-14(13)2)20(22)16(4)23-19(21)12-17-8-6-5-7-9-17/h5-11,16H,12H2,1-4H3. The van der Waals surface area contributed by atoms with Gasteiger partial charge in [-0.05, 0) is 56.0 Å². The van der Waals surface area contributed by atoms with Crippen LogP contribution in [0.4, 0.5) is 0 Å². The van der Waals surface area contributed by atoms with E-state index in [4.69, 9.17) is 4.74 Å². The summed E-state index contributed by atoms with van der Waals surface area (Å²) in [7, 11) is 0. The van der Waals surface area contributed by atoms with Gasteiger partial charge < -0.3 is 4.74 Å². The molecule has 23 heavy (non-hydrogen) atoms. The lowest BCUT2D eigenvalue weighted by molar-refractivity contribution is -0.145. The highest BCUT2D eigenvalue weighted by Crippen LogP contribution is 2.18. The first-order chi connectivity index (χ1) is 10.9. The lowest BCUT2D eigenvalue weighted by Gasteiger charge is -2.15. The predicted octanol–water partition coefficient (Wildman–Crippen LogP) is 3.97. The maximum Gasteiger partial charge on any atom is 0.310 e. The molecular weight excluding hydrogens is 288 g/mol. The molecule has 0 amide bonds. The molecule has 0 aliphatic carbocycles. The third-order valence-corrected chi connectivity index (χ3v) is 3.97. The molecule has 1 unspecified atom stereocenters. The van der Waals surface area contributed by atoms with Gasteiger partial charge >= 0.3 is 5.97 Å². The van der Waals surface area contributed by atoms with E-state index in [0.717, 1.165) is 22.3 Å². The molecule has 0 aliphatic rings. The van der Waals surface area contributed by atoms with Crippen molar-refractivity contribution in [3.8, 4) is 0 Å². The third kappa shape index (κ3) is 4.28. The summed E-state index contributed by atoms with van der Waals surface area (Å²) in [4.78, 5) is 24.5. The summed E-state index contributed by atoms with van der Waals surface area (Å²) < 4.78 is 5.31. The predicted molar refractivity (Wildman–Crippen MR) is 90.7 cm³/mol. The summed E-state index contributed by atoms with van der Waals surface area (Å²) in [6.45, 7) is 7.51. The molecule has 120 valence electrons. The topological polar surface area (TPSA) is 43.4 Å². The van der Waals surface area contributed by atoms with Crippen LogP contribution in [-0.2, 0) is 16.0 Å². The first-order valence-corrected chi connectivity index (χ1v) is 7.74. The highest BCUT2D eigenvalue weighted by molar-refractivity contribution is 6.01. The second-order valence-corrected chi connectivity index (χ2v) is 5.91. The van der Waals surface area contributed by atoms with Gasteiger partial charge in [0.05, 0.1) is 6.42 Å². The summed E-state index contributed by atoms with van der Waals surface area (Å²) in [6.07, 6.45) is -0.614. The summed E-state index contributed by atoms with van der Waals surface area (Å²) in [5.74, 6) is -0.550. The maximum absolute atomic E-state index is 12.5. The van der Waals surface area contributed by atoms with Gasteiger partial charge in [0.25, 0.3) is 0 Å². The Morgan fingerprint density at radius 3 is 2.22 bits per heavy atom. The smallest absolute Gasteiger partial charge is 0.310 e. The molecule has 3 nitrogen and oxygen atoms in total. The van der Waals surface area contributed by atoms with E-state index in [9.17, 15) is 9.59 Å². The molecule has 2 rings (SSSR count). The van der Waals surface area contributed by atoms with Crippen molar-refractivity contribution in [2.45, 2.75) is 40.2 Å². The third-order valence-electron chi connectivity index (χ3n) is 3.97. The van der Waals surface area contributed by atoms with Gasteiger partial charge in [0.1, 0.15) is 0 Å². The number of carbonyl (C=O) groups excluding carboxylic acids is 2. The Labute approximate surface area is 137 Å². The molecule has 3 heteroatoms. The highest BCUT2D eigenvalue weighted by Gasteiger charge is 2.21. The lowest BCUT2D eigenvalue weighted by atomic mass is 9.96. The number of Topliss-reactive ketones (excluding diaryl/α,β-unsaturated/α-hetero) is 1. The summed E-state index contributed by atoms with van der Waals surface area (Å²) in [6, 6.07) is 13.2. The molecule has 0 spiro atoms. The number of ketones is 1. The van der Waals surface area contributed by atoms with Gasteiger partial charge in [0.15, 0.2) is 6.10 Å². The fourth-order valence-electron chi connectivity index (χ4n) is 2.50. The summed E-state index contributed by atoms with van der Waals surface area (Å²) in [5.41, 5.74) is 4.60. The lowest BCUT2D eigenvalue weighted by Crippen LogP contribution is -2.26. The Bertz CT molecular complexity index is 717. The van der Waals surface area contributed by atoms with E-state index in [1.54, 1.807) is 6.92 Å². The molecule has 0 radical (unpaired) electrons. The molecule has 0 saturated heterocycles. The number of hydrogen-bond acceptors (Lipinski definition) is 3. The van der Waals surface area contributed by atoms with Crippen molar-refractivity contribution in [3.63, 3.8) is 0 Å². The van der Waals surface area contributed by atoms with Crippen LogP contribution in [0.25, 0.3) is 0 Å². The first-order valence-electron chi connectivity index (χ1n) is 7.74. The van der Waals surface area contributed by atoms with Gasteiger partial charge in [0, 0.05) is 5.56 Å². The van der Waals surface area contributed by atoms with Gasteiger partial charge in [0.2, 0.25) is 5.78 Å². The molecular formula is C20H22O3. The zero-order valence-corrected chi connectivity index (χ0v) is 14.1. The van der Waals surface area contributed by atoms with Crippen molar-refractivity contribution in [2.24, 2.45) is 0 Å². The Morgan fingerprint density at radius 1 is 0.957 bits per heavy atom. The second-order valence-electron chi connectivity index (χ2n) is 5.91. The normalized spacial score (nSPS) is 11.8. The SMILES string of the molecule is Cc1cc(C)c(C(=O)C(C)OC(=O)Cc2ccccc2)cc1C. The Hall–Kier alpha value is -2.42. The van der Waals surface area contributed by atoms with Crippen LogP contribution in [-0.4, -0.2) is 17.9 Å². The zero-order valence-electron chi connectivity index (χ0n) is 14.1. The maximum atomic E-state index is 12.5. The van der Waals surface area contributed by atoms with Crippen LogP contribution in [0.3, 0.4) is 0 Å². The molecule has 1 atom stereocenters. The van der Waals surface area contributed by atoms with Crippen LogP contribution >= 0.6 is 0 Å². The zero-order chi connectivity index (χ0) is 17.0. The van der Waals surface area contributed by atoms with E-state index in [-0.39, 0.29) is 12.2 Å². The fourth-order valence-corrected chi connectivity index (χ4v) is 2.50. The monoisotopic (exact) mass is 310 g/mol. The van der Waals surface area contributed by atoms with Crippen LogP contribution in [0, 0.1) is 20.8 Å². The average molecular weight is 310 g/mol. The molecule has 0 bridgehead atoms. The van der Waals surface area contributed by atoms with Gasteiger partial charge in [-0.3, -0.25) is 9.59 Å². The first kappa shape index (κ1) is 16.9. The van der Waals surface area contributed by atoms with Gasteiger partial charge in [-0.25, -0.2) is 0 Å². The van der Waals surface area contributed by atoms with Crippen molar-refractivity contribution >= 4 is 11.8 Å². The van der Waals surface area contributed by atoms with E-state index in [0.29, 0.717) is 5.56 Å². The highest BCUT2D eigenvalue weighted by atomic mass is 16.5. The minimum atomic E-state index is -0.785. The van der Waals surface area contributed by atoms with Crippen LogP contribution in [0.5, 0.6) is 0 Å². The van der Waals surface area contributed by atoms with E-state index in [2.05, 4.69) is 0 Å². The quantitative estimate of drug-likeness (QED) is 0.620. The summed E-state index contributed by atoms with van der Waals surface area (Å²) in [5, 5.41) is 0. The fraction of sp³-hybridized carbons (Fsp3) is 0.300. The molecule has 2 aromatic rings. The molecule has 0 aliphatic heterocycles. The van der Waals surface area contributed by atoms with E-state index >= 15 is 0 Å². The van der Waals surface area contributed by atoms with Gasteiger partial charge in [-0.15, -0.1) is 0 Å². The van der Waals surface area contributed by atoms with E-state index < -0.39 is 12.1 Å². The number of esters is 1. The van der Waals surface area contributed by atoms with Crippen molar-refractivity contribution in [1.82, 2.24) is 0 Å². The molecule has 0 fully saturated rings. The Balaban J connectivity index is 2.05. The van der Waals surface area contributed by atoms with Crippen molar-refractivity contribution in [3.05, 3.63) is 70.3 Å². The molecule has 0 aromatic heterocycles. The average Bonchev–Trinajstić information content (AvgIpc) is 2.51. The number of aryl methyl sites for hydroxylation is 3. The van der Waals surface area contributed by atoms with Gasteiger partial charge in [-0.2, -0.15) is 0 Å². The minimum absolute atomic E-state index is 0.160. The van der Waals surface area contributed by atoms with Crippen molar-refractivity contribution in [2.75, 3.05) is 0 Å². The summed E-state index contributed by atoms with van der Waals surface area (Å²) >= 11 is 0. The second kappa shape index (κ2) is 7.23.